The van der Waals surface area contributed by atoms with Crippen LogP contribution in [0.25, 0.3) is 265 Å². The van der Waals surface area contributed by atoms with Gasteiger partial charge in [0.15, 0.2) is 5.82 Å². The maximum Gasteiger partial charge on any atom is 0.160 e. The molecule has 136 heavy (non-hydrogen) atoms. The molecule has 0 aliphatic rings. The Morgan fingerprint density at radius 3 is 0.654 bits per heavy atom. The van der Waals surface area contributed by atoms with Crippen molar-refractivity contribution in [3.05, 3.63) is 485 Å². The summed E-state index contributed by atoms with van der Waals surface area (Å²) in [6, 6.07) is 179. The van der Waals surface area contributed by atoms with Gasteiger partial charge in [0, 0.05) is 115 Å². The van der Waals surface area contributed by atoms with Crippen LogP contribution in [0.2, 0.25) is 0 Å². The van der Waals surface area contributed by atoms with Crippen molar-refractivity contribution in [3.63, 3.8) is 0 Å². The number of hydrogen-bond donors (Lipinski definition) is 0. The highest BCUT2D eigenvalue weighted by Crippen LogP contribution is 2.48. The molecule has 0 aliphatic heterocycles. The van der Waals surface area contributed by atoms with Crippen molar-refractivity contribution in [1.29, 1.82) is 0 Å². The Morgan fingerprint density at radius 1 is 0.118 bits per heavy atom. The fourth-order valence-electron chi connectivity index (χ4n) is 22.1. The van der Waals surface area contributed by atoms with Gasteiger partial charge in [-0.3, -0.25) is 0 Å². The second kappa shape index (κ2) is 30.7. The highest BCUT2D eigenvalue weighted by Gasteiger charge is 2.26. The lowest BCUT2D eigenvalue weighted by molar-refractivity contribution is 1.13. The van der Waals surface area contributed by atoms with Crippen molar-refractivity contribution in [2.75, 3.05) is 0 Å². The van der Waals surface area contributed by atoms with Gasteiger partial charge in [-0.2, -0.15) is 0 Å². The zero-order chi connectivity index (χ0) is 89.2. The molecule has 8 nitrogen and oxygen atoms in total. The molecule has 8 heteroatoms. The lowest BCUT2D eigenvalue weighted by Crippen LogP contribution is -2.02. The van der Waals surface area contributed by atoms with Crippen LogP contribution in [-0.2, 0) is 0 Å². The summed E-state index contributed by atoms with van der Waals surface area (Å²) in [5.74, 6) is 0.602. The quantitative estimate of drug-likeness (QED) is 0.109. The van der Waals surface area contributed by atoms with Gasteiger partial charge in [-0.05, 0) is 273 Å². The average Bonchev–Trinajstić information content (AvgIpc) is 1.56. The maximum absolute atomic E-state index is 5.92. The zero-order valence-corrected chi connectivity index (χ0v) is 73.8. The van der Waals surface area contributed by atoms with Crippen molar-refractivity contribution in [2.24, 2.45) is 0 Å². The van der Waals surface area contributed by atoms with Crippen LogP contribution >= 0.6 is 0 Å². The van der Waals surface area contributed by atoms with Gasteiger partial charge < -0.3 is 27.4 Å². The lowest BCUT2D eigenvalue weighted by atomic mass is 9.96. The summed E-state index contributed by atoms with van der Waals surface area (Å²) in [7, 11) is 0. The first kappa shape index (κ1) is 76.6. The molecule has 0 spiro atoms. The lowest BCUT2D eigenvalue weighted by Gasteiger charge is -2.17. The fourth-order valence-corrected chi connectivity index (χ4v) is 22.1. The van der Waals surface area contributed by atoms with Crippen molar-refractivity contribution >= 4 is 142 Å². The first-order chi connectivity index (χ1) is 67.4. The predicted molar refractivity (Wildman–Crippen MR) is 569 cm³/mol. The van der Waals surface area contributed by atoms with E-state index in [1.165, 1.54) is 70.7 Å². The second-order valence-electron chi connectivity index (χ2n) is 36.0. The first-order valence-corrected chi connectivity index (χ1v) is 46.6. The van der Waals surface area contributed by atoms with Crippen LogP contribution in [0.5, 0.6) is 0 Å². The molecule has 0 amide bonds. The number of para-hydroxylation sites is 9. The predicted octanol–water partition coefficient (Wildman–Crippen LogP) is 33.5. The average molecular weight is 1730 g/mol. The summed E-state index contributed by atoms with van der Waals surface area (Å²) in [6.07, 6.45) is 0. The molecule has 0 unspecified atom stereocenters. The third-order valence-electron chi connectivity index (χ3n) is 28.3. The number of hydrogen-bond acceptors (Lipinski definition) is 2. The van der Waals surface area contributed by atoms with E-state index in [1.54, 1.807) is 0 Å². The topological polar surface area (TPSA) is 55.4 Å². The summed E-state index contributed by atoms with van der Waals surface area (Å²) in [4.78, 5) is 11.7. The van der Waals surface area contributed by atoms with Crippen LogP contribution in [0.3, 0.4) is 0 Å². The smallest absolute Gasteiger partial charge is 0.160 e. The molecule has 28 aromatic rings. The van der Waals surface area contributed by atoms with E-state index in [9.17, 15) is 0 Å². The summed E-state index contributed by atoms with van der Waals surface area (Å²) in [5, 5.41) is 15.1. The third kappa shape index (κ3) is 12.3. The SMILES string of the molecule is c1ccc(-c2cccc(-c3cccc(-c4nc(-c5cc(-n6c7ccc(-c8ccc9c(c8)c8ccccc8n9-c8ccccc8)cc7c7cc(-c8ccc9c(c8)c8ccccc8n9-c8ccccc8)ccc76)cc(-n6c7ccc(-c8ccc9c(c8)c8ccccc8n9-c8ccccc8)cc7c7cc(-c8ccc9c(c8)c8ccccc8n9-c8ccccc8)ccc76)c5)nc5ccccc45)c3)c2)cc1. The molecule has 0 N–H and O–H groups in total. The van der Waals surface area contributed by atoms with Crippen molar-refractivity contribution in [2.45, 2.75) is 0 Å². The van der Waals surface area contributed by atoms with Crippen LogP contribution in [0, 0.1) is 0 Å². The molecule has 0 bridgehead atoms. The van der Waals surface area contributed by atoms with E-state index in [1.807, 2.05) is 0 Å². The number of nitrogens with zero attached hydrogens (tertiary/aromatic N) is 8. The van der Waals surface area contributed by atoms with Crippen LogP contribution in [0.1, 0.15) is 0 Å². The summed E-state index contributed by atoms with van der Waals surface area (Å²) < 4.78 is 14.6. The van der Waals surface area contributed by atoms with E-state index in [2.05, 4.69) is 513 Å². The maximum atomic E-state index is 5.92. The van der Waals surface area contributed by atoms with Crippen molar-refractivity contribution in [1.82, 2.24) is 37.4 Å². The van der Waals surface area contributed by atoms with E-state index >= 15 is 0 Å². The summed E-state index contributed by atoms with van der Waals surface area (Å²) in [6.45, 7) is 0. The zero-order valence-electron chi connectivity index (χ0n) is 73.8. The molecule has 0 saturated heterocycles. The van der Waals surface area contributed by atoms with Crippen molar-refractivity contribution in [3.8, 4) is 124 Å². The molecule has 0 aliphatic carbocycles. The summed E-state index contributed by atoms with van der Waals surface area (Å²) in [5.41, 5.74) is 37.0. The van der Waals surface area contributed by atoms with E-state index in [0.717, 1.165) is 189 Å². The molecular formula is C128H80N8. The van der Waals surface area contributed by atoms with Crippen LogP contribution in [0.15, 0.2) is 485 Å². The van der Waals surface area contributed by atoms with E-state index in [0.29, 0.717) is 5.82 Å². The molecule has 0 atom stereocenters. The number of benzene rings is 21. The van der Waals surface area contributed by atoms with Gasteiger partial charge in [0.2, 0.25) is 0 Å². The first-order valence-electron chi connectivity index (χ1n) is 46.6. The van der Waals surface area contributed by atoms with Crippen LogP contribution in [-0.4, -0.2) is 37.4 Å². The standard InChI is InChI=1S/C128H80N8/c1-6-28-81(29-7-1)82-30-26-31-83(68-82)84-32-27-33-93(69-84)127-105-46-16-21-47-114(105)129-128(130-127)94-70-99(135-123-64-56-89(85-52-60-119-106(72-85)101-42-17-22-48-115(101)131(119)95-34-8-2-9-35-95)76-110(123)111-77-90(57-65-124(111)135)86-53-61-120-107(73-86)102-43-18-23-49-116(102)132(120)96-36-10-3-11-37-96)80-100(71-94)136-125-66-58-91(87-54-62-121-108(74-87)103-44-19-24-50-117(103)133(121)97-38-12-4-13-39-97)78-112(125)113-79-92(59-67-126(113)136)88-55-63-122-109(75-88)104-45-20-25-51-118(104)134(122)98-40-14-5-15-41-98/h1-80H. The minimum Gasteiger partial charge on any atom is -0.309 e. The van der Waals surface area contributed by atoms with Crippen molar-refractivity contribution < 1.29 is 0 Å². The number of fused-ring (bicyclic) bond motifs is 19. The molecule has 0 saturated carbocycles. The second-order valence-corrected chi connectivity index (χ2v) is 36.0. The third-order valence-corrected chi connectivity index (χ3v) is 28.3. The van der Waals surface area contributed by atoms with Gasteiger partial charge >= 0.3 is 0 Å². The molecular weight excluding hydrogens is 1650 g/mol. The van der Waals surface area contributed by atoms with Gasteiger partial charge in [0.05, 0.1) is 77.4 Å². The summed E-state index contributed by atoms with van der Waals surface area (Å²) >= 11 is 0. The Labute approximate surface area is 782 Å². The molecule has 7 aromatic heterocycles. The Bertz CT molecular complexity index is 8910. The minimum absolute atomic E-state index is 0.602. The van der Waals surface area contributed by atoms with Gasteiger partial charge in [0.25, 0.3) is 0 Å². The highest BCUT2D eigenvalue weighted by atomic mass is 15.0. The van der Waals surface area contributed by atoms with E-state index < -0.39 is 0 Å². The molecule has 0 radical (unpaired) electrons. The van der Waals surface area contributed by atoms with Gasteiger partial charge in [-0.15, -0.1) is 0 Å². The normalized spacial score (nSPS) is 12.0. The highest BCUT2D eigenvalue weighted by molar-refractivity contribution is 6.18. The van der Waals surface area contributed by atoms with E-state index in [4.69, 9.17) is 9.97 Å². The van der Waals surface area contributed by atoms with E-state index in [-0.39, 0.29) is 0 Å². The molecule has 0 fully saturated rings. The molecule has 28 rings (SSSR count). The molecule has 632 valence electrons. The molecule has 7 heterocycles. The Kier molecular flexibility index (Phi) is 17.3. The van der Waals surface area contributed by atoms with Gasteiger partial charge in [0.1, 0.15) is 0 Å². The fraction of sp³-hybridized carbons (Fsp3) is 0. The monoisotopic (exact) mass is 1730 g/mol. The largest absolute Gasteiger partial charge is 0.309 e. The van der Waals surface area contributed by atoms with Crippen LogP contribution in [0.4, 0.5) is 0 Å². The Morgan fingerprint density at radius 2 is 0.338 bits per heavy atom. The number of rotatable bonds is 14. The van der Waals surface area contributed by atoms with Gasteiger partial charge in [-0.1, -0.05) is 279 Å². The van der Waals surface area contributed by atoms with Gasteiger partial charge in [-0.25, -0.2) is 9.97 Å². The Hall–Kier alpha value is -18.2. The van der Waals surface area contributed by atoms with Crippen LogP contribution < -0.4 is 0 Å². The Balaban J connectivity index is 0.691. The number of aromatic nitrogens is 8. The molecule has 21 aromatic carbocycles. The minimum atomic E-state index is 0.602.